The maximum Gasteiger partial charge on any atom is 0.316 e. The maximum absolute atomic E-state index is 12.4. The van der Waals surface area contributed by atoms with Crippen LogP contribution in [-0.2, 0) is 22.7 Å². The molecular weight excluding hydrogens is 302 g/mol. The Morgan fingerprint density at radius 2 is 1.79 bits per heavy atom. The van der Waals surface area contributed by atoms with Crippen LogP contribution in [0.2, 0.25) is 0 Å². The number of nitrogens with zero attached hydrogens (tertiary/aromatic N) is 1. The number of hydrogen-bond donors (Lipinski definition) is 2. The zero-order valence-corrected chi connectivity index (χ0v) is 14.1. The molecule has 2 rings (SSSR count). The fourth-order valence-corrected chi connectivity index (χ4v) is 2.49. The minimum Gasteiger partial charge on any atom is -0.344 e. The summed E-state index contributed by atoms with van der Waals surface area (Å²) in [5.74, 6) is -1.17. The Bertz CT molecular complexity index is 728. The number of amides is 2. The van der Waals surface area contributed by atoms with Gasteiger partial charge in [-0.05, 0) is 42.7 Å². The lowest BCUT2D eigenvalue weighted by Gasteiger charge is -2.20. The second-order valence-electron chi connectivity index (χ2n) is 5.60. The lowest BCUT2D eigenvalue weighted by Crippen LogP contribution is -2.42. The summed E-state index contributed by atoms with van der Waals surface area (Å²) >= 11 is 0. The maximum atomic E-state index is 12.4. The van der Waals surface area contributed by atoms with Gasteiger partial charge in [-0.2, -0.15) is 0 Å². The van der Waals surface area contributed by atoms with Crippen molar-refractivity contribution in [1.82, 2.24) is 5.32 Å². The average molecular weight is 325 g/mol. The van der Waals surface area contributed by atoms with Gasteiger partial charge in [0.15, 0.2) is 0 Å². The van der Waals surface area contributed by atoms with E-state index >= 15 is 0 Å². The summed E-state index contributed by atoms with van der Waals surface area (Å²) in [6.45, 7) is 4.96. The fraction of sp³-hybridized carbons (Fsp3) is 0.263. The Labute approximate surface area is 142 Å². The van der Waals surface area contributed by atoms with E-state index in [1.54, 1.807) is 0 Å². The van der Waals surface area contributed by atoms with Crippen molar-refractivity contribution in [2.75, 3.05) is 11.4 Å². The molecule has 126 valence electrons. The molecule has 0 bridgehead atoms. The van der Waals surface area contributed by atoms with E-state index in [1.165, 1.54) is 4.90 Å². The predicted molar refractivity (Wildman–Crippen MR) is 95.4 cm³/mol. The number of nitrogens with one attached hydrogen (secondary N) is 1. The minimum absolute atomic E-state index is 0.295. The zero-order valence-electron chi connectivity index (χ0n) is 14.1. The molecule has 0 radical (unpaired) electrons. The average Bonchev–Trinajstić information content (AvgIpc) is 2.60. The normalized spacial score (nSPS) is 10.3. The molecule has 0 unspecified atom stereocenters. The van der Waals surface area contributed by atoms with E-state index in [1.807, 2.05) is 62.4 Å². The fourth-order valence-electron chi connectivity index (χ4n) is 2.49. The minimum atomic E-state index is -0.614. The highest BCUT2D eigenvalue weighted by Crippen LogP contribution is 2.16. The molecule has 3 N–H and O–H groups in total. The third-order valence-electron chi connectivity index (χ3n) is 3.75. The number of hydrogen-bond acceptors (Lipinski definition) is 3. The van der Waals surface area contributed by atoms with E-state index in [0.29, 0.717) is 19.6 Å². The van der Waals surface area contributed by atoms with Crippen LogP contribution < -0.4 is 16.0 Å². The van der Waals surface area contributed by atoms with Crippen LogP contribution >= 0.6 is 0 Å². The van der Waals surface area contributed by atoms with Gasteiger partial charge in [0.2, 0.25) is 0 Å². The summed E-state index contributed by atoms with van der Waals surface area (Å²) in [4.78, 5) is 26.1. The number of carbonyl (C=O) groups is 2. The predicted octanol–water partition coefficient (Wildman–Crippen LogP) is 2.12. The Morgan fingerprint density at radius 1 is 1.08 bits per heavy atom. The van der Waals surface area contributed by atoms with Crippen LogP contribution in [-0.4, -0.2) is 18.4 Å². The van der Waals surface area contributed by atoms with Gasteiger partial charge in [0, 0.05) is 25.3 Å². The van der Waals surface area contributed by atoms with Gasteiger partial charge in [-0.25, -0.2) is 0 Å². The molecule has 5 heteroatoms. The topological polar surface area (TPSA) is 75.4 Å². The molecule has 2 aromatic carbocycles. The largest absolute Gasteiger partial charge is 0.344 e. The van der Waals surface area contributed by atoms with E-state index in [2.05, 4.69) is 5.32 Å². The number of nitrogens with two attached hydrogens (primary N) is 1. The summed E-state index contributed by atoms with van der Waals surface area (Å²) < 4.78 is 0. The number of likely N-dealkylation sites (N-methyl/N-ethyl adjacent to an activating group) is 1. The molecule has 2 amide bonds. The first-order valence-corrected chi connectivity index (χ1v) is 7.99. The molecule has 0 saturated heterocycles. The molecule has 0 fully saturated rings. The van der Waals surface area contributed by atoms with Crippen molar-refractivity contribution >= 4 is 17.5 Å². The summed E-state index contributed by atoms with van der Waals surface area (Å²) in [6, 6.07) is 15.2. The van der Waals surface area contributed by atoms with Gasteiger partial charge in [0.25, 0.3) is 0 Å². The summed E-state index contributed by atoms with van der Waals surface area (Å²) in [7, 11) is 0. The van der Waals surface area contributed by atoms with Crippen molar-refractivity contribution in [3.8, 4) is 0 Å². The van der Waals surface area contributed by atoms with Gasteiger partial charge in [-0.1, -0.05) is 36.4 Å². The molecule has 0 spiro atoms. The smallest absolute Gasteiger partial charge is 0.316 e. The van der Waals surface area contributed by atoms with E-state index in [4.69, 9.17) is 5.73 Å². The monoisotopic (exact) mass is 325 g/mol. The highest BCUT2D eigenvalue weighted by Gasteiger charge is 2.21. The Morgan fingerprint density at radius 3 is 2.46 bits per heavy atom. The Balaban J connectivity index is 2.03. The molecular formula is C19H23N3O2. The molecule has 0 aliphatic heterocycles. The molecule has 0 saturated carbocycles. The SMILES string of the molecule is CCN(C(=O)C(=O)NCc1cccc(CN)c1)c1cccc(C)c1. The molecule has 5 nitrogen and oxygen atoms in total. The van der Waals surface area contributed by atoms with Crippen molar-refractivity contribution in [3.05, 3.63) is 65.2 Å². The Kier molecular flexibility index (Phi) is 6.09. The lowest BCUT2D eigenvalue weighted by molar-refractivity contribution is -0.137. The highest BCUT2D eigenvalue weighted by atomic mass is 16.2. The van der Waals surface area contributed by atoms with Gasteiger partial charge in [0.1, 0.15) is 0 Å². The van der Waals surface area contributed by atoms with Crippen LogP contribution in [0.3, 0.4) is 0 Å². The number of carbonyl (C=O) groups excluding carboxylic acids is 2. The van der Waals surface area contributed by atoms with Gasteiger partial charge in [-0.15, -0.1) is 0 Å². The van der Waals surface area contributed by atoms with Gasteiger partial charge in [-0.3, -0.25) is 9.59 Å². The van der Waals surface area contributed by atoms with E-state index in [-0.39, 0.29) is 0 Å². The highest BCUT2D eigenvalue weighted by molar-refractivity contribution is 6.40. The van der Waals surface area contributed by atoms with Gasteiger partial charge >= 0.3 is 11.8 Å². The van der Waals surface area contributed by atoms with Gasteiger partial charge < -0.3 is 16.0 Å². The third kappa shape index (κ3) is 4.43. The lowest BCUT2D eigenvalue weighted by atomic mass is 10.1. The number of aryl methyl sites for hydroxylation is 1. The first kappa shape index (κ1) is 17.7. The first-order chi connectivity index (χ1) is 11.5. The summed E-state index contributed by atoms with van der Waals surface area (Å²) in [5, 5.41) is 2.68. The van der Waals surface area contributed by atoms with Crippen LogP contribution in [0.15, 0.2) is 48.5 Å². The quantitative estimate of drug-likeness (QED) is 0.827. The van der Waals surface area contributed by atoms with Crippen LogP contribution in [0, 0.1) is 6.92 Å². The van der Waals surface area contributed by atoms with Crippen molar-refractivity contribution in [2.24, 2.45) is 5.73 Å². The molecule has 0 aliphatic rings. The van der Waals surface area contributed by atoms with E-state index < -0.39 is 11.8 Å². The zero-order chi connectivity index (χ0) is 17.5. The second kappa shape index (κ2) is 8.26. The molecule has 2 aromatic rings. The third-order valence-corrected chi connectivity index (χ3v) is 3.75. The molecule has 24 heavy (non-hydrogen) atoms. The Hall–Kier alpha value is -2.66. The van der Waals surface area contributed by atoms with Crippen LogP contribution in [0.5, 0.6) is 0 Å². The summed E-state index contributed by atoms with van der Waals surface area (Å²) in [5.41, 5.74) is 9.28. The van der Waals surface area contributed by atoms with Crippen molar-refractivity contribution in [1.29, 1.82) is 0 Å². The molecule has 0 atom stereocenters. The number of rotatable bonds is 5. The molecule has 0 heterocycles. The molecule has 0 aliphatic carbocycles. The molecule has 0 aromatic heterocycles. The second-order valence-corrected chi connectivity index (χ2v) is 5.60. The first-order valence-electron chi connectivity index (χ1n) is 7.99. The number of anilines is 1. The van der Waals surface area contributed by atoms with Gasteiger partial charge in [0.05, 0.1) is 0 Å². The van der Waals surface area contributed by atoms with E-state index in [9.17, 15) is 9.59 Å². The number of benzene rings is 2. The van der Waals surface area contributed by atoms with Crippen molar-refractivity contribution < 1.29 is 9.59 Å². The standard InChI is InChI=1S/C19H23N3O2/c1-3-22(17-9-4-6-14(2)10-17)19(24)18(23)21-13-16-8-5-7-15(11-16)12-20/h4-11H,3,12-13,20H2,1-2H3,(H,21,23). The van der Waals surface area contributed by atoms with Crippen LogP contribution in [0.1, 0.15) is 23.6 Å². The summed E-state index contributed by atoms with van der Waals surface area (Å²) in [6.07, 6.45) is 0. The van der Waals surface area contributed by atoms with Crippen molar-refractivity contribution in [3.63, 3.8) is 0 Å². The van der Waals surface area contributed by atoms with E-state index in [0.717, 1.165) is 22.4 Å². The van der Waals surface area contributed by atoms with Crippen molar-refractivity contribution in [2.45, 2.75) is 26.9 Å². The van der Waals surface area contributed by atoms with Crippen LogP contribution in [0.4, 0.5) is 5.69 Å². The van der Waals surface area contributed by atoms with Crippen LogP contribution in [0.25, 0.3) is 0 Å².